The summed E-state index contributed by atoms with van der Waals surface area (Å²) in [5.74, 6) is -0.731. The minimum absolute atomic E-state index is 0.0846. The van der Waals surface area contributed by atoms with Crippen LogP contribution in [0.1, 0.15) is 34.3 Å². The van der Waals surface area contributed by atoms with Crippen molar-refractivity contribution in [2.24, 2.45) is 5.92 Å². The quantitative estimate of drug-likeness (QED) is 0.938. The summed E-state index contributed by atoms with van der Waals surface area (Å²) in [7, 11) is 0. The number of carboxylic acid groups (broad SMARTS) is 1. The number of aliphatic carboxylic acids is 1. The summed E-state index contributed by atoms with van der Waals surface area (Å²) in [4.78, 5) is 29.7. The van der Waals surface area contributed by atoms with Crippen LogP contribution in [0.4, 0.5) is 5.69 Å². The Morgan fingerprint density at radius 1 is 1.29 bits per heavy atom. The molecule has 24 heavy (non-hydrogen) atoms. The fourth-order valence-electron chi connectivity index (χ4n) is 3.22. The molecule has 0 bridgehead atoms. The molecule has 5 heteroatoms. The lowest BCUT2D eigenvalue weighted by Crippen LogP contribution is -2.40. The molecule has 2 aromatic rings. The number of carboxylic acids is 1. The summed E-state index contributed by atoms with van der Waals surface area (Å²) in [5.41, 5.74) is 3.50. The largest absolute Gasteiger partial charge is 0.481 e. The van der Waals surface area contributed by atoms with Gasteiger partial charge in [-0.15, -0.1) is 0 Å². The van der Waals surface area contributed by atoms with Gasteiger partial charge in [0.25, 0.3) is 5.91 Å². The van der Waals surface area contributed by atoms with Gasteiger partial charge in [0.1, 0.15) is 0 Å². The molecule has 2 heterocycles. The Hall–Kier alpha value is -2.69. The minimum atomic E-state index is -0.797. The van der Waals surface area contributed by atoms with Crippen LogP contribution in [-0.2, 0) is 11.2 Å². The number of aromatic nitrogens is 1. The standard InChI is InChI=1S/C19H20N2O3/c1-13-8-16(11-20-10-13)19(24)21-12-14(6-7-18(22)23)9-15-4-2-3-5-17(15)21/h2-5,8,10-11,14H,6-7,9,12H2,1H3,(H,22,23). The van der Waals surface area contributed by atoms with E-state index in [0.717, 1.165) is 23.2 Å². The van der Waals surface area contributed by atoms with Crippen LogP contribution >= 0.6 is 0 Å². The second-order valence-corrected chi connectivity index (χ2v) is 6.30. The van der Waals surface area contributed by atoms with E-state index in [0.29, 0.717) is 18.5 Å². The predicted molar refractivity (Wildman–Crippen MR) is 91.2 cm³/mol. The molecule has 0 saturated heterocycles. The van der Waals surface area contributed by atoms with Gasteiger partial charge in [-0.25, -0.2) is 0 Å². The highest BCUT2D eigenvalue weighted by atomic mass is 16.4. The van der Waals surface area contributed by atoms with E-state index in [-0.39, 0.29) is 18.2 Å². The average molecular weight is 324 g/mol. The van der Waals surface area contributed by atoms with E-state index in [2.05, 4.69) is 4.98 Å². The summed E-state index contributed by atoms with van der Waals surface area (Å²) in [6, 6.07) is 9.67. The van der Waals surface area contributed by atoms with Crippen molar-refractivity contribution in [3.05, 3.63) is 59.4 Å². The van der Waals surface area contributed by atoms with Crippen molar-refractivity contribution in [2.45, 2.75) is 26.2 Å². The van der Waals surface area contributed by atoms with Crippen LogP contribution in [0.5, 0.6) is 0 Å². The van der Waals surface area contributed by atoms with Gasteiger partial charge < -0.3 is 10.0 Å². The molecule has 1 aromatic heterocycles. The first-order chi connectivity index (χ1) is 11.5. The lowest BCUT2D eigenvalue weighted by Gasteiger charge is -2.34. The fraction of sp³-hybridized carbons (Fsp3) is 0.316. The van der Waals surface area contributed by atoms with Crippen LogP contribution in [0.2, 0.25) is 0 Å². The monoisotopic (exact) mass is 324 g/mol. The molecule has 1 unspecified atom stereocenters. The van der Waals surface area contributed by atoms with Gasteiger partial charge in [0.05, 0.1) is 5.56 Å². The van der Waals surface area contributed by atoms with E-state index in [9.17, 15) is 9.59 Å². The number of amides is 1. The third-order valence-electron chi connectivity index (χ3n) is 4.37. The molecular weight excluding hydrogens is 304 g/mol. The van der Waals surface area contributed by atoms with E-state index in [4.69, 9.17) is 5.11 Å². The molecular formula is C19H20N2O3. The SMILES string of the molecule is Cc1cncc(C(=O)N2CC(CCC(=O)O)Cc3ccccc32)c1. The number of hydrogen-bond donors (Lipinski definition) is 1. The van der Waals surface area contributed by atoms with Crippen molar-refractivity contribution in [1.82, 2.24) is 4.98 Å². The maximum absolute atomic E-state index is 13.0. The lowest BCUT2D eigenvalue weighted by atomic mass is 9.89. The summed E-state index contributed by atoms with van der Waals surface area (Å²) < 4.78 is 0. The first-order valence-electron chi connectivity index (χ1n) is 8.08. The number of carbonyl (C=O) groups is 2. The van der Waals surface area contributed by atoms with Gasteiger partial charge in [0.2, 0.25) is 0 Å². The van der Waals surface area contributed by atoms with E-state index in [1.807, 2.05) is 37.3 Å². The minimum Gasteiger partial charge on any atom is -0.481 e. The molecule has 0 aliphatic carbocycles. The number of hydrogen-bond acceptors (Lipinski definition) is 3. The van der Waals surface area contributed by atoms with Crippen LogP contribution in [0.15, 0.2) is 42.7 Å². The van der Waals surface area contributed by atoms with Crippen molar-refractivity contribution in [1.29, 1.82) is 0 Å². The summed E-state index contributed by atoms with van der Waals surface area (Å²) in [6.45, 7) is 2.45. The Kier molecular flexibility index (Phi) is 4.60. The Morgan fingerprint density at radius 2 is 2.08 bits per heavy atom. The second kappa shape index (κ2) is 6.83. The van der Waals surface area contributed by atoms with E-state index < -0.39 is 5.97 Å². The molecule has 124 valence electrons. The first kappa shape index (κ1) is 16.2. The molecule has 1 N–H and O–H groups in total. The van der Waals surface area contributed by atoms with Crippen molar-refractivity contribution in [3.8, 4) is 0 Å². The molecule has 1 amide bonds. The zero-order valence-corrected chi connectivity index (χ0v) is 13.6. The zero-order chi connectivity index (χ0) is 17.1. The number of pyridine rings is 1. The van der Waals surface area contributed by atoms with Crippen molar-refractivity contribution < 1.29 is 14.7 Å². The third kappa shape index (κ3) is 3.45. The highest BCUT2D eigenvalue weighted by Gasteiger charge is 2.29. The molecule has 0 fully saturated rings. The van der Waals surface area contributed by atoms with Crippen LogP contribution in [0.25, 0.3) is 0 Å². The number of nitrogens with zero attached hydrogens (tertiary/aromatic N) is 2. The first-order valence-corrected chi connectivity index (χ1v) is 8.08. The normalized spacial score (nSPS) is 16.5. The second-order valence-electron chi connectivity index (χ2n) is 6.30. The highest BCUT2D eigenvalue weighted by molar-refractivity contribution is 6.06. The predicted octanol–water partition coefficient (Wildman–Crippen LogP) is 3.07. The number of fused-ring (bicyclic) bond motifs is 1. The molecule has 0 saturated carbocycles. The summed E-state index contributed by atoms with van der Waals surface area (Å²) in [5, 5.41) is 8.93. The zero-order valence-electron chi connectivity index (χ0n) is 13.6. The van der Waals surface area contributed by atoms with Gasteiger partial charge >= 0.3 is 5.97 Å². The number of para-hydroxylation sites is 1. The van der Waals surface area contributed by atoms with Gasteiger partial charge in [0, 0.05) is 31.0 Å². The maximum atomic E-state index is 13.0. The van der Waals surface area contributed by atoms with E-state index in [1.54, 1.807) is 17.3 Å². The number of carbonyl (C=O) groups excluding carboxylic acids is 1. The smallest absolute Gasteiger partial charge is 0.303 e. The number of rotatable bonds is 4. The van der Waals surface area contributed by atoms with Crippen LogP contribution in [0.3, 0.4) is 0 Å². The van der Waals surface area contributed by atoms with Gasteiger partial charge in [0.15, 0.2) is 0 Å². The van der Waals surface area contributed by atoms with Gasteiger partial charge in [-0.2, -0.15) is 0 Å². The van der Waals surface area contributed by atoms with Gasteiger partial charge in [-0.3, -0.25) is 14.6 Å². The average Bonchev–Trinajstić information content (AvgIpc) is 2.58. The maximum Gasteiger partial charge on any atom is 0.303 e. The highest BCUT2D eigenvalue weighted by Crippen LogP contribution is 2.32. The Morgan fingerprint density at radius 3 is 2.83 bits per heavy atom. The summed E-state index contributed by atoms with van der Waals surface area (Å²) >= 11 is 0. The molecule has 0 radical (unpaired) electrons. The Balaban J connectivity index is 1.90. The third-order valence-corrected chi connectivity index (χ3v) is 4.37. The lowest BCUT2D eigenvalue weighted by molar-refractivity contribution is -0.137. The van der Waals surface area contributed by atoms with Crippen LogP contribution in [0, 0.1) is 12.8 Å². The van der Waals surface area contributed by atoms with Crippen molar-refractivity contribution >= 4 is 17.6 Å². The molecule has 5 nitrogen and oxygen atoms in total. The van der Waals surface area contributed by atoms with Gasteiger partial charge in [-0.05, 0) is 48.9 Å². The number of aryl methyl sites for hydroxylation is 1. The molecule has 1 aliphatic rings. The van der Waals surface area contributed by atoms with E-state index in [1.165, 1.54) is 0 Å². The molecule has 1 aromatic carbocycles. The number of benzene rings is 1. The van der Waals surface area contributed by atoms with Crippen molar-refractivity contribution in [2.75, 3.05) is 11.4 Å². The Bertz CT molecular complexity index is 773. The number of anilines is 1. The fourth-order valence-corrected chi connectivity index (χ4v) is 3.22. The molecule has 0 spiro atoms. The van der Waals surface area contributed by atoms with E-state index >= 15 is 0 Å². The molecule has 3 rings (SSSR count). The van der Waals surface area contributed by atoms with Gasteiger partial charge in [-0.1, -0.05) is 18.2 Å². The summed E-state index contributed by atoms with van der Waals surface area (Å²) in [6.07, 6.45) is 4.80. The molecule has 1 aliphatic heterocycles. The topological polar surface area (TPSA) is 70.5 Å². The molecule has 1 atom stereocenters. The van der Waals surface area contributed by atoms with Crippen molar-refractivity contribution in [3.63, 3.8) is 0 Å². The Labute approximate surface area is 140 Å². The van der Waals surface area contributed by atoms with Crippen LogP contribution < -0.4 is 4.90 Å². The van der Waals surface area contributed by atoms with Crippen LogP contribution in [-0.4, -0.2) is 28.5 Å².